The summed E-state index contributed by atoms with van der Waals surface area (Å²) in [5.74, 6) is 0.307. The molecule has 0 saturated heterocycles. The molecule has 0 aliphatic carbocycles. The number of hydrogen-bond acceptors (Lipinski definition) is 6. The molecule has 0 spiro atoms. The summed E-state index contributed by atoms with van der Waals surface area (Å²) in [5.41, 5.74) is 1.34. The quantitative estimate of drug-likeness (QED) is 0.688. The van der Waals surface area contributed by atoms with Crippen molar-refractivity contribution < 1.29 is 13.7 Å². The van der Waals surface area contributed by atoms with Crippen molar-refractivity contribution in [3.8, 4) is 11.5 Å². The van der Waals surface area contributed by atoms with Crippen molar-refractivity contribution in [2.75, 3.05) is 20.6 Å². The minimum atomic E-state index is -0.516. The first-order chi connectivity index (χ1) is 13.0. The van der Waals surface area contributed by atoms with Crippen molar-refractivity contribution in [1.29, 1.82) is 0 Å². The number of carbonyl (C=O) groups is 1. The number of hydrogen-bond donors (Lipinski definition) is 1. The van der Waals surface area contributed by atoms with E-state index in [-0.39, 0.29) is 11.7 Å². The Balaban J connectivity index is 1.58. The molecule has 0 unspecified atom stereocenters. The van der Waals surface area contributed by atoms with Gasteiger partial charge in [-0.15, -0.1) is 0 Å². The molecular weight excluding hydrogens is 349 g/mol. The molecule has 0 bridgehead atoms. The fourth-order valence-electron chi connectivity index (χ4n) is 2.67. The summed E-state index contributed by atoms with van der Waals surface area (Å²) in [6, 6.07) is 10.8. The summed E-state index contributed by atoms with van der Waals surface area (Å²) in [6.07, 6.45) is 2.05. The van der Waals surface area contributed by atoms with Crippen LogP contribution in [0.25, 0.3) is 11.5 Å². The topological polar surface area (TPSA) is 84.2 Å². The third kappa shape index (κ3) is 4.73. The van der Waals surface area contributed by atoms with Gasteiger partial charge in [-0.25, -0.2) is 4.39 Å². The Morgan fingerprint density at radius 2 is 2.00 bits per heavy atom. The molecule has 0 aliphatic heterocycles. The molecular formula is C19H20FN5O2. The second-order valence-corrected chi connectivity index (χ2v) is 6.19. The minimum Gasteiger partial charge on any atom is -0.354 e. The van der Waals surface area contributed by atoms with Crippen LogP contribution in [0, 0.1) is 5.82 Å². The van der Waals surface area contributed by atoms with Gasteiger partial charge in [-0.3, -0.25) is 14.7 Å². The first-order valence-corrected chi connectivity index (χ1v) is 8.48. The first kappa shape index (κ1) is 18.7. The summed E-state index contributed by atoms with van der Waals surface area (Å²) in [4.78, 5) is 22.8. The lowest BCUT2D eigenvalue weighted by Gasteiger charge is -2.23. The van der Waals surface area contributed by atoms with Crippen molar-refractivity contribution in [3.05, 3.63) is 65.9 Å². The van der Waals surface area contributed by atoms with Gasteiger partial charge >= 0.3 is 0 Å². The van der Waals surface area contributed by atoms with Crippen LogP contribution in [0.3, 0.4) is 0 Å². The second kappa shape index (κ2) is 8.50. The standard InChI is InChI=1S/C19H20FN5O2/c1-25(2)17(13-6-8-14(20)9-7-13)19(26)22-12-10-16-23-18(24-27-16)15-5-3-4-11-21-15/h3-9,11,17H,10,12H2,1-2H3,(H,22,26)/t17-/m1/s1. The summed E-state index contributed by atoms with van der Waals surface area (Å²) < 4.78 is 18.3. The number of carbonyl (C=O) groups excluding carboxylic acids is 1. The van der Waals surface area contributed by atoms with Crippen LogP contribution < -0.4 is 5.32 Å². The minimum absolute atomic E-state index is 0.184. The van der Waals surface area contributed by atoms with E-state index in [9.17, 15) is 9.18 Å². The van der Waals surface area contributed by atoms with E-state index in [2.05, 4.69) is 20.4 Å². The molecule has 1 amide bonds. The van der Waals surface area contributed by atoms with Gasteiger partial charge in [-0.05, 0) is 43.9 Å². The highest BCUT2D eigenvalue weighted by Crippen LogP contribution is 2.19. The Labute approximate surface area is 156 Å². The van der Waals surface area contributed by atoms with Gasteiger partial charge in [-0.1, -0.05) is 23.4 Å². The molecule has 0 radical (unpaired) electrons. The van der Waals surface area contributed by atoms with Gasteiger partial charge in [0.25, 0.3) is 0 Å². The zero-order chi connectivity index (χ0) is 19.2. The Hall–Kier alpha value is -3.13. The van der Waals surface area contributed by atoms with E-state index in [0.29, 0.717) is 35.9 Å². The number of benzene rings is 1. The highest BCUT2D eigenvalue weighted by molar-refractivity contribution is 5.83. The van der Waals surface area contributed by atoms with Gasteiger partial charge in [0.15, 0.2) is 0 Å². The Morgan fingerprint density at radius 1 is 1.22 bits per heavy atom. The fraction of sp³-hybridized carbons (Fsp3) is 0.263. The average molecular weight is 369 g/mol. The SMILES string of the molecule is CN(C)[C@@H](C(=O)NCCc1nc(-c2ccccn2)no1)c1ccc(F)cc1. The first-order valence-electron chi connectivity index (χ1n) is 8.48. The number of rotatable bonds is 7. The van der Waals surface area contributed by atoms with Crippen LogP contribution >= 0.6 is 0 Å². The predicted molar refractivity (Wildman–Crippen MR) is 97.1 cm³/mol. The molecule has 1 N–H and O–H groups in total. The molecule has 3 rings (SSSR count). The fourth-order valence-corrected chi connectivity index (χ4v) is 2.67. The van der Waals surface area contributed by atoms with Crippen LogP contribution in [-0.2, 0) is 11.2 Å². The van der Waals surface area contributed by atoms with Crippen molar-refractivity contribution >= 4 is 5.91 Å². The second-order valence-electron chi connectivity index (χ2n) is 6.19. The molecule has 1 atom stereocenters. The van der Waals surface area contributed by atoms with E-state index in [1.807, 2.05) is 12.1 Å². The van der Waals surface area contributed by atoms with Crippen LogP contribution in [0.4, 0.5) is 4.39 Å². The zero-order valence-electron chi connectivity index (χ0n) is 15.1. The van der Waals surface area contributed by atoms with E-state index in [4.69, 9.17) is 4.52 Å². The number of halogens is 1. The maximum atomic E-state index is 13.1. The molecule has 3 aromatic rings. The van der Waals surface area contributed by atoms with Crippen LogP contribution in [-0.4, -0.2) is 46.6 Å². The van der Waals surface area contributed by atoms with E-state index in [1.165, 1.54) is 12.1 Å². The lowest BCUT2D eigenvalue weighted by molar-refractivity contribution is -0.125. The summed E-state index contributed by atoms with van der Waals surface area (Å²) >= 11 is 0. The largest absolute Gasteiger partial charge is 0.354 e. The predicted octanol–water partition coefficient (Wildman–Crippen LogP) is 2.23. The molecule has 2 heterocycles. The van der Waals surface area contributed by atoms with Gasteiger partial charge < -0.3 is 9.84 Å². The Morgan fingerprint density at radius 3 is 2.67 bits per heavy atom. The number of nitrogens with one attached hydrogen (secondary N) is 1. The van der Waals surface area contributed by atoms with Crippen molar-refractivity contribution in [3.63, 3.8) is 0 Å². The van der Waals surface area contributed by atoms with Gasteiger partial charge in [0.05, 0.1) is 0 Å². The van der Waals surface area contributed by atoms with Gasteiger partial charge in [0, 0.05) is 19.2 Å². The lowest BCUT2D eigenvalue weighted by atomic mass is 10.1. The number of amides is 1. The normalized spacial score (nSPS) is 12.1. The molecule has 27 heavy (non-hydrogen) atoms. The third-order valence-corrected chi connectivity index (χ3v) is 3.95. The smallest absolute Gasteiger partial charge is 0.241 e. The number of pyridine rings is 1. The Kier molecular flexibility index (Phi) is 5.87. The van der Waals surface area contributed by atoms with Crippen molar-refractivity contribution in [1.82, 2.24) is 25.3 Å². The van der Waals surface area contributed by atoms with Crippen molar-refractivity contribution in [2.45, 2.75) is 12.5 Å². The molecule has 0 saturated carbocycles. The number of aromatic nitrogens is 3. The molecule has 0 aliphatic rings. The van der Waals surface area contributed by atoms with Crippen LogP contribution in [0.15, 0.2) is 53.2 Å². The number of nitrogens with zero attached hydrogens (tertiary/aromatic N) is 4. The molecule has 1 aromatic carbocycles. The summed E-state index contributed by atoms with van der Waals surface area (Å²) in [6.45, 7) is 0.341. The molecule has 0 fully saturated rings. The summed E-state index contributed by atoms with van der Waals surface area (Å²) in [7, 11) is 3.59. The maximum absolute atomic E-state index is 13.1. The third-order valence-electron chi connectivity index (χ3n) is 3.95. The molecule has 2 aromatic heterocycles. The van der Waals surface area contributed by atoms with Crippen LogP contribution in [0.1, 0.15) is 17.5 Å². The van der Waals surface area contributed by atoms with E-state index >= 15 is 0 Å². The van der Waals surface area contributed by atoms with Crippen molar-refractivity contribution in [2.24, 2.45) is 0 Å². The maximum Gasteiger partial charge on any atom is 0.241 e. The highest BCUT2D eigenvalue weighted by atomic mass is 19.1. The molecule has 7 nitrogen and oxygen atoms in total. The monoisotopic (exact) mass is 369 g/mol. The number of likely N-dealkylation sites (N-methyl/N-ethyl adjacent to an activating group) is 1. The van der Waals surface area contributed by atoms with E-state index in [1.54, 1.807) is 43.4 Å². The summed E-state index contributed by atoms with van der Waals surface area (Å²) in [5, 5.41) is 6.76. The average Bonchev–Trinajstić information content (AvgIpc) is 3.13. The Bertz CT molecular complexity index is 881. The highest BCUT2D eigenvalue weighted by Gasteiger charge is 2.22. The van der Waals surface area contributed by atoms with E-state index in [0.717, 1.165) is 0 Å². The zero-order valence-corrected chi connectivity index (χ0v) is 15.1. The van der Waals surface area contributed by atoms with Gasteiger partial charge in [0.2, 0.25) is 17.6 Å². The van der Waals surface area contributed by atoms with Crippen LogP contribution in [0.5, 0.6) is 0 Å². The van der Waals surface area contributed by atoms with Gasteiger partial charge in [0.1, 0.15) is 17.6 Å². The van der Waals surface area contributed by atoms with Crippen LogP contribution in [0.2, 0.25) is 0 Å². The molecule has 140 valence electrons. The van der Waals surface area contributed by atoms with Gasteiger partial charge in [-0.2, -0.15) is 4.98 Å². The lowest BCUT2D eigenvalue weighted by Crippen LogP contribution is -2.37. The van der Waals surface area contributed by atoms with E-state index < -0.39 is 6.04 Å². The molecule has 8 heteroatoms.